The van der Waals surface area contributed by atoms with E-state index in [0.29, 0.717) is 11.3 Å². The molecule has 0 saturated heterocycles. The summed E-state index contributed by atoms with van der Waals surface area (Å²) >= 11 is 1.51. The molecule has 0 saturated carbocycles. The van der Waals surface area contributed by atoms with Crippen molar-refractivity contribution in [2.24, 2.45) is 0 Å². The molecule has 0 aliphatic carbocycles. The minimum Gasteiger partial charge on any atom is -0.507 e. The van der Waals surface area contributed by atoms with Crippen LogP contribution in [0.2, 0.25) is 0 Å². The number of nitrogens with zero attached hydrogens (tertiary/aromatic N) is 2. The van der Waals surface area contributed by atoms with Crippen molar-refractivity contribution in [3.05, 3.63) is 89.4 Å². The fraction of sp³-hybridized carbons (Fsp3) is 0.0870. The molecule has 0 radical (unpaired) electrons. The molecule has 0 aliphatic rings. The van der Waals surface area contributed by atoms with Gasteiger partial charge in [-0.15, -0.1) is 11.3 Å². The fourth-order valence-electron chi connectivity index (χ4n) is 3.06. The lowest BCUT2D eigenvalue weighted by atomic mass is 10.2. The first-order valence-electron chi connectivity index (χ1n) is 9.67. The van der Waals surface area contributed by atoms with Crippen LogP contribution in [-0.4, -0.2) is 39.8 Å². The van der Waals surface area contributed by atoms with Crippen molar-refractivity contribution >= 4 is 23.2 Å². The molecule has 4 rings (SSSR count). The van der Waals surface area contributed by atoms with E-state index >= 15 is 0 Å². The number of aromatic nitrogens is 2. The smallest absolute Gasteiger partial charge is 0.255 e. The Kier molecular flexibility index (Phi) is 6.09. The van der Waals surface area contributed by atoms with Crippen molar-refractivity contribution < 1.29 is 14.7 Å². The Hall–Kier alpha value is -3.91. The Labute approximate surface area is 183 Å². The van der Waals surface area contributed by atoms with Crippen LogP contribution < -0.4 is 10.6 Å². The molecule has 0 atom stereocenters. The van der Waals surface area contributed by atoms with Gasteiger partial charge >= 0.3 is 0 Å². The van der Waals surface area contributed by atoms with Crippen LogP contribution in [0.15, 0.2) is 78.3 Å². The van der Waals surface area contributed by atoms with Crippen LogP contribution in [0, 0.1) is 0 Å². The van der Waals surface area contributed by atoms with Gasteiger partial charge in [-0.25, -0.2) is 4.68 Å². The van der Waals surface area contributed by atoms with Crippen LogP contribution in [0.1, 0.15) is 20.7 Å². The highest BCUT2D eigenvalue weighted by atomic mass is 32.1. The third-order valence-electron chi connectivity index (χ3n) is 4.58. The number of carbonyl (C=O) groups excluding carboxylic acids is 2. The third-order valence-corrected chi connectivity index (χ3v) is 5.46. The summed E-state index contributed by atoms with van der Waals surface area (Å²) in [7, 11) is 0. The second-order valence-corrected chi connectivity index (χ2v) is 7.63. The molecule has 0 bridgehead atoms. The van der Waals surface area contributed by atoms with Gasteiger partial charge in [-0.2, -0.15) is 5.10 Å². The van der Waals surface area contributed by atoms with E-state index in [0.717, 1.165) is 10.6 Å². The highest BCUT2D eigenvalue weighted by molar-refractivity contribution is 7.13. The number of benzene rings is 2. The molecule has 0 aliphatic heterocycles. The van der Waals surface area contributed by atoms with Crippen LogP contribution in [0.5, 0.6) is 5.75 Å². The minimum atomic E-state index is -0.400. The summed E-state index contributed by atoms with van der Waals surface area (Å²) in [6.07, 6.45) is 1.71. The molecule has 0 spiro atoms. The first-order chi connectivity index (χ1) is 15.1. The molecule has 0 fully saturated rings. The molecule has 31 heavy (non-hydrogen) atoms. The van der Waals surface area contributed by atoms with Gasteiger partial charge in [0.2, 0.25) is 0 Å². The Morgan fingerprint density at radius 1 is 0.871 bits per heavy atom. The lowest BCUT2D eigenvalue weighted by Crippen LogP contribution is -2.34. The van der Waals surface area contributed by atoms with Gasteiger partial charge in [-0.1, -0.05) is 36.4 Å². The largest absolute Gasteiger partial charge is 0.507 e. The lowest BCUT2D eigenvalue weighted by molar-refractivity contribution is 0.0926. The van der Waals surface area contributed by atoms with Crippen LogP contribution in [-0.2, 0) is 0 Å². The zero-order valence-electron chi connectivity index (χ0n) is 16.5. The van der Waals surface area contributed by atoms with E-state index in [1.54, 1.807) is 23.0 Å². The van der Waals surface area contributed by atoms with Gasteiger partial charge in [-0.3, -0.25) is 9.59 Å². The van der Waals surface area contributed by atoms with E-state index in [9.17, 15) is 14.7 Å². The molecule has 7 nitrogen and oxygen atoms in total. The van der Waals surface area contributed by atoms with Gasteiger partial charge in [0.25, 0.3) is 11.8 Å². The maximum atomic E-state index is 12.9. The first kappa shape index (κ1) is 20.4. The quantitative estimate of drug-likeness (QED) is 0.390. The molecule has 2 aromatic carbocycles. The number of phenols is 1. The maximum absolute atomic E-state index is 12.9. The topological polar surface area (TPSA) is 96.3 Å². The van der Waals surface area contributed by atoms with Crippen LogP contribution >= 0.6 is 11.3 Å². The molecular formula is C23H20N4O3S. The summed E-state index contributed by atoms with van der Waals surface area (Å²) in [5.41, 5.74) is 2.11. The molecule has 0 unspecified atom stereocenters. The van der Waals surface area contributed by atoms with Gasteiger partial charge in [0.15, 0.2) is 0 Å². The van der Waals surface area contributed by atoms with Crippen molar-refractivity contribution in [2.45, 2.75) is 0 Å². The van der Waals surface area contributed by atoms with Crippen molar-refractivity contribution in [1.82, 2.24) is 20.4 Å². The summed E-state index contributed by atoms with van der Waals surface area (Å²) in [5, 5.41) is 21.8. The third kappa shape index (κ3) is 4.65. The van der Waals surface area contributed by atoms with Gasteiger partial charge < -0.3 is 15.7 Å². The normalized spacial score (nSPS) is 10.6. The van der Waals surface area contributed by atoms with Crippen molar-refractivity contribution in [3.63, 3.8) is 0 Å². The first-order valence-corrected chi connectivity index (χ1v) is 10.5. The predicted molar refractivity (Wildman–Crippen MR) is 120 cm³/mol. The van der Waals surface area contributed by atoms with Crippen molar-refractivity contribution in [1.29, 1.82) is 0 Å². The highest BCUT2D eigenvalue weighted by Crippen LogP contribution is 2.27. The van der Waals surface area contributed by atoms with E-state index in [1.165, 1.54) is 23.5 Å². The Balaban J connectivity index is 1.44. The Bertz CT molecular complexity index is 1190. The highest BCUT2D eigenvalue weighted by Gasteiger charge is 2.19. The van der Waals surface area contributed by atoms with E-state index in [1.807, 2.05) is 47.8 Å². The van der Waals surface area contributed by atoms with Crippen LogP contribution in [0.3, 0.4) is 0 Å². The number of aromatic hydroxyl groups is 1. The van der Waals surface area contributed by atoms with E-state index in [2.05, 4.69) is 15.7 Å². The summed E-state index contributed by atoms with van der Waals surface area (Å²) in [4.78, 5) is 25.9. The Morgan fingerprint density at radius 3 is 2.23 bits per heavy atom. The average Bonchev–Trinajstić information content (AvgIpc) is 3.47. The summed E-state index contributed by atoms with van der Waals surface area (Å²) in [5.74, 6) is -0.760. The number of thiophene rings is 1. The summed E-state index contributed by atoms with van der Waals surface area (Å²) < 4.78 is 1.68. The minimum absolute atomic E-state index is 0.0852. The number of carbonyl (C=O) groups is 2. The zero-order valence-corrected chi connectivity index (χ0v) is 17.3. The standard InChI is InChI=1S/C23H20N4O3S/c28-19-10-5-4-9-17(19)22(29)24-12-13-25-23(30)18-15-27(16-7-2-1-3-8-16)26-21(18)20-11-6-14-31-20/h1-11,14-15,28H,12-13H2,(H,24,29)(H,25,30). The molecule has 2 heterocycles. The Morgan fingerprint density at radius 2 is 1.55 bits per heavy atom. The van der Waals surface area contributed by atoms with E-state index in [4.69, 9.17) is 0 Å². The molecule has 8 heteroatoms. The molecule has 4 aromatic rings. The second-order valence-electron chi connectivity index (χ2n) is 6.68. The molecule has 3 N–H and O–H groups in total. The zero-order chi connectivity index (χ0) is 21.6. The summed E-state index contributed by atoms with van der Waals surface area (Å²) in [6.45, 7) is 0.457. The molecule has 2 aromatic heterocycles. The number of amides is 2. The summed E-state index contributed by atoms with van der Waals surface area (Å²) in [6, 6.07) is 19.7. The van der Waals surface area contributed by atoms with E-state index < -0.39 is 5.91 Å². The molecule has 2 amide bonds. The van der Waals surface area contributed by atoms with Gasteiger partial charge in [-0.05, 0) is 35.7 Å². The van der Waals surface area contributed by atoms with Gasteiger partial charge in [0.05, 0.1) is 21.7 Å². The monoisotopic (exact) mass is 432 g/mol. The molecule has 156 valence electrons. The van der Waals surface area contributed by atoms with E-state index in [-0.39, 0.29) is 30.3 Å². The number of nitrogens with one attached hydrogen (secondary N) is 2. The van der Waals surface area contributed by atoms with Crippen LogP contribution in [0.25, 0.3) is 16.3 Å². The maximum Gasteiger partial charge on any atom is 0.255 e. The number of para-hydroxylation sites is 2. The molecular weight excluding hydrogens is 412 g/mol. The van der Waals surface area contributed by atoms with Crippen LogP contribution in [0.4, 0.5) is 0 Å². The second kappa shape index (κ2) is 9.27. The lowest BCUT2D eigenvalue weighted by Gasteiger charge is -2.08. The number of rotatable bonds is 7. The number of phenolic OH excluding ortho intramolecular Hbond substituents is 1. The predicted octanol–water partition coefficient (Wildman–Crippen LogP) is 3.47. The SMILES string of the molecule is O=C(NCCNC(=O)c1cn(-c2ccccc2)nc1-c1cccs1)c1ccccc1O. The van der Waals surface area contributed by atoms with Crippen molar-refractivity contribution in [3.8, 4) is 22.0 Å². The fourth-order valence-corrected chi connectivity index (χ4v) is 3.78. The van der Waals surface area contributed by atoms with Crippen molar-refractivity contribution in [2.75, 3.05) is 13.1 Å². The average molecular weight is 433 g/mol. The van der Waals surface area contributed by atoms with Gasteiger partial charge in [0.1, 0.15) is 11.4 Å². The van der Waals surface area contributed by atoms with Gasteiger partial charge in [0, 0.05) is 19.3 Å². The number of hydrogen-bond acceptors (Lipinski definition) is 5. The number of hydrogen-bond donors (Lipinski definition) is 3.